The number of hydrogen-bond acceptors (Lipinski definition) is 4. The van der Waals surface area contributed by atoms with Gasteiger partial charge in [-0.05, 0) is 43.2 Å². The van der Waals surface area contributed by atoms with E-state index in [2.05, 4.69) is 0 Å². The zero-order chi connectivity index (χ0) is 19.8. The van der Waals surface area contributed by atoms with Crippen LogP contribution in [-0.2, 0) is 17.1 Å². The predicted octanol–water partition coefficient (Wildman–Crippen LogP) is 1.19. The largest absolute Gasteiger partial charge is 0.366 e. The number of carbonyl (C=O) groups excluding carboxylic acids is 2. The van der Waals surface area contributed by atoms with Crippen molar-refractivity contribution in [1.29, 1.82) is 0 Å². The van der Waals surface area contributed by atoms with Gasteiger partial charge < -0.3 is 15.2 Å². The molecule has 8 nitrogen and oxygen atoms in total. The molecule has 1 aromatic carbocycles. The summed E-state index contributed by atoms with van der Waals surface area (Å²) in [6.07, 6.45) is 3.16. The van der Waals surface area contributed by atoms with Crippen LogP contribution in [0.15, 0.2) is 41.4 Å². The van der Waals surface area contributed by atoms with Gasteiger partial charge in [0.05, 0.1) is 0 Å². The zero-order valence-corrected chi connectivity index (χ0v) is 16.1. The van der Waals surface area contributed by atoms with E-state index in [1.54, 1.807) is 26.2 Å². The van der Waals surface area contributed by atoms with Gasteiger partial charge in [-0.2, -0.15) is 4.31 Å². The topological polar surface area (TPSA) is 106 Å². The molecule has 2 aromatic rings. The molecule has 144 valence electrons. The number of amides is 2. The molecule has 2 amide bonds. The summed E-state index contributed by atoms with van der Waals surface area (Å²) in [6, 6.07) is 7.71. The fraction of sp³-hybridized carbons (Fsp3) is 0.333. The number of carbonyl (C=O) groups is 2. The van der Waals surface area contributed by atoms with Gasteiger partial charge in [0.25, 0.3) is 5.91 Å². The molecule has 1 aliphatic heterocycles. The van der Waals surface area contributed by atoms with E-state index in [-0.39, 0.29) is 16.5 Å². The quantitative estimate of drug-likeness (QED) is 0.827. The number of aromatic nitrogens is 1. The maximum atomic E-state index is 12.9. The molecule has 3 rings (SSSR count). The van der Waals surface area contributed by atoms with Crippen LogP contribution < -0.4 is 10.6 Å². The van der Waals surface area contributed by atoms with Crippen molar-refractivity contribution in [3.05, 3.63) is 47.8 Å². The summed E-state index contributed by atoms with van der Waals surface area (Å²) in [5.74, 6) is -0.901. The van der Waals surface area contributed by atoms with Gasteiger partial charge in [-0.15, -0.1) is 0 Å². The number of hydrogen-bond donors (Lipinski definition) is 1. The highest BCUT2D eigenvalue weighted by molar-refractivity contribution is 7.89. The Morgan fingerprint density at radius 3 is 2.26 bits per heavy atom. The maximum absolute atomic E-state index is 12.9. The third kappa shape index (κ3) is 3.60. The summed E-state index contributed by atoms with van der Waals surface area (Å²) < 4.78 is 28.4. The van der Waals surface area contributed by atoms with E-state index in [4.69, 9.17) is 5.73 Å². The molecule has 0 spiro atoms. The summed E-state index contributed by atoms with van der Waals surface area (Å²) in [4.78, 5) is 25.5. The predicted molar refractivity (Wildman–Crippen MR) is 101 cm³/mol. The lowest BCUT2D eigenvalue weighted by atomic mass is 10.2. The fourth-order valence-electron chi connectivity index (χ4n) is 3.10. The molecule has 0 saturated carbocycles. The van der Waals surface area contributed by atoms with E-state index >= 15 is 0 Å². The Morgan fingerprint density at radius 1 is 1.11 bits per heavy atom. The second-order valence-corrected chi connectivity index (χ2v) is 8.50. The number of rotatable bonds is 5. The van der Waals surface area contributed by atoms with Crippen molar-refractivity contribution in [2.75, 3.05) is 25.0 Å². The molecule has 2 N–H and O–H groups in total. The molecule has 0 radical (unpaired) electrons. The van der Waals surface area contributed by atoms with Crippen LogP contribution in [0.4, 0.5) is 5.69 Å². The normalized spacial score (nSPS) is 15.0. The molecule has 0 atom stereocenters. The number of aryl methyl sites for hydroxylation is 1. The van der Waals surface area contributed by atoms with E-state index < -0.39 is 15.9 Å². The van der Waals surface area contributed by atoms with E-state index in [0.717, 1.165) is 12.8 Å². The van der Waals surface area contributed by atoms with Gasteiger partial charge in [0, 0.05) is 44.6 Å². The summed E-state index contributed by atoms with van der Waals surface area (Å²) in [7, 11) is -0.363. The molecule has 1 aliphatic rings. The summed E-state index contributed by atoms with van der Waals surface area (Å²) >= 11 is 0. The minimum absolute atomic E-state index is 0.118. The molecule has 0 unspecified atom stereocenters. The Morgan fingerprint density at radius 2 is 1.70 bits per heavy atom. The van der Waals surface area contributed by atoms with Gasteiger partial charge in [-0.25, -0.2) is 8.42 Å². The molecular formula is C18H22N4O4S. The lowest BCUT2D eigenvalue weighted by Gasteiger charge is -2.17. The molecule has 0 bridgehead atoms. The van der Waals surface area contributed by atoms with Crippen molar-refractivity contribution >= 4 is 27.5 Å². The van der Waals surface area contributed by atoms with Crippen LogP contribution in [0.25, 0.3) is 0 Å². The minimum Gasteiger partial charge on any atom is -0.366 e. The number of nitrogens with zero attached hydrogens (tertiary/aromatic N) is 3. The molecule has 27 heavy (non-hydrogen) atoms. The molecule has 1 fully saturated rings. The Labute approximate surface area is 158 Å². The van der Waals surface area contributed by atoms with Crippen LogP contribution in [0.3, 0.4) is 0 Å². The van der Waals surface area contributed by atoms with Crippen LogP contribution in [-0.4, -0.2) is 49.2 Å². The third-order valence-corrected chi connectivity index (χ3v) is 6.61. The second kappa shape index (κ2) is 7.16. The number of anilines is 1. The Balaban J connectivity index is 1.86. The molecule has 2 heterocycles. The van der Waals surface area contributed by atoms with Gasteiger partial charge in [0.15, 0.2) is 0 Å². The Bertz CT molecular complexity index is 973. The van der Waals surface area contributed by atoms with Crippen LogP contribution in [0, 0.1) is 0 Å². The van der Waals surface area contributed by atoms with Crippen LogP contribution in [0.1, 0.15) is 33.7 Å². The number of primary amides is 1. The average Bonchev–Trinajstić information content (AvgIpc) is 3.31. The van der Waals surface area contributed by atoms with E-state index in [0.29, 0.717) is 24.3 Å². The van der Waals surface area contributed by atoms with Crippen molar-refractivity contribution in [2.45, 2.75) is 17.7 Å². The minimum atomic E-state index is -3.59. The second-order valence-electron chi connectivity index (χ2n) is 6.56. The highest BCUT2D eigenvalue weighted by atomic mass is 32.2. The molecule has 1 saturated heterocycles. The Hall–Kier alpha value is -2.65. The zero-order valence-electron chi connectivity index (χ0n) is 15.3. The van der Waals surface area contributed by atoms with Gasteiger partial charge in [-0.3, -0.25) is 9.59 Å². The summed E-state index contributed by atoms with van der Waals surface area (Å²) in [5.41, 5.74) is 6.39. The molecular weight excluding hydrogens is 368 g/mol. The monoisotopic (exact) mass is 390 g/mol. The fourth-order valence-corrected chi connectivity index (χ4v) is 4.69. The van der Waals surface area contributed by atoms with Gasteiger partial charge in [-0.1, -0.05) is 0 Å². The Kier molecular flexibility index (Phi) is 5.07. The van der Waals surface area contributed by atoms with E-state index in [1.807, 2.05) is 0 Å². The first-order valence-electron chi connectivity index (χ1n) is 8.56. The SMILES string of the molecule is CN(C(=O)c1cc(S(=O)(=O)N2CCCC2)cn1C)c1ccc(C(N)=O)cc1. The highest BCUT2D eigenvalue weighted by Crippen LogP contribution is 2.24. The highest BCUT2D eigenvalue weighted by Gasteiger charge is 2.30. The van der Waals surface area contributed by atoms with Crippen molar-refractivity contribution in [1.82, 2.24) is 8.87 Å². The van der Waals surface area contributed by atoms with Crippen LogP contribution in [0.5, 0.6) is 0 Å². The van der Waals surface area contributed by atoms with E-state index in [1.165, 1.54) is 38.2 Å². The van der Waals surface area contributed by atoms with E-state index in [9.17, 15) is 18.0 Å². The number of sulfonamides is 1. The first-order valence-corrected chi connectivity index (χ1v) is 10.0. The lowest BCUT2D eigenvalue weighted by molar-refractivity contribution is 0.0982. The number of nitrogens with two attached hydrogens (primary N) is 1. The van der Waals surface area contributed by atoms with Crippen molar-refractivity contribution in [2.24, 2.45) is 12.8 Å². The lowest BCUT2D eigenvalue weighted by Crippen LogP contribution is -2.28. The molecule has 1 aromatic heterocycles. The standard InChI is InChI=1S/C18H22N4O4S/c1-20-12-15(27(25,26)22-9-3-4-10-22)11-16(20)18(24)21(2)14-7-5-13(6-8-14)17(19)23/h5-8,11-12H,3-4,9-10H2,1-2H3,(H2,19,23). The summed E-state index contributed by atoms with van der Waals surface area (Å²) in [6.45, 7) is 1.01. The van der Waals surface area contributed by atoms with Crippen molar-refractivity contribution < 1.29 is 18.0 Å². The maximum Gasteiger partial charge on any atom is 0.274 e. The smallest absolute Gasteiger partial charge is 0.274 e. The van der Waals surface area contributed by atoms with Gasteiger partial charge >= 0.3 is 0 Å². The molecule has 9 heteroatoms. The third-order valence-electron chi connectivity index (χ3n) is 4.75. The average molecular weight is 390 g/mol. The van der Waals surface area contributed by atoms with Gasteiger partial charge in [0.2, 0.25) is 15.9 Å². The molecule has 0 aliphatic carbocycles. The van der Waals surface area contributed by atoms with Crippen molar-refractivity contribution in [3.63, 3.8) is 0 Å². The number of benzene rings is 1. The summed E-state index contributed by atoms with van der Waals surface area (Å²) in [5, 5.41) is 0. The first-order chi connectivity index (χ1) is 12.7. The first kappa shape index (κ1) is 19.1. The van der Waals surface area contributed by atoms with Crippen molar-refractivity contribution in [3.8, 4) is 0 Å². The van der Waals surface area contributed by atoms with Crippen LogP contribution >= 0.6 is 0 Å². The van der Waals surface area contributed by atoms with Crippen LogP contribution in [0.2, 0.25) is 0 Å². The van der Waals surface area contributed by atoms with Gasteiger partial charge in [0.1, 0.15) is 10.6 Å².